The summed E-state index contributed by atoms with van der Waals surface area (Å²) in [6, 6.07) is 12.1. The molecule has 1 aromatic heterocycles. The van der Waals surface area contributed by atoms with Crippen molar-refractivity contribution < 1.29 is 14.5 Å². The van der Waals surface area contributed by atoms with Crippen molar-refractivity contribution in [3.05, 3.63) is 63.8 Å². The van der Waals surface area contributed by atoms with Crippen LogP contribution in [0.4, 0.5) is 5.69 Å². The highest BCUT2D eigenvalue weighted by molar-refractivity contribution is 6.02. The number of aromatic amines is 1. The van der Waals surface area contributed by atoms with E-state index < -0.39 is 11.0 Å². The lowest BCUT2D eigenvalue weighted by Gasteiger charge is -2.11. The monoisotopic (exact) mass is 335 g/mol. The first-order chi connectivity index (χ1) is 12.1. The zero-order valence-electron chi connectivity index (χ0n) is 13.2. The van der Waals surface area contributed by atoms with E-state index in [-0.39, 0.29) is 5.69 Å². The summed E-state index contributed by atoms with van der Waals surface area (Å²) in [6.07, 6.45) is 1.02. The van der Waals surface area contributed by atoms with E-state index in [0.29, 0.717) is 28.5 Å². The zero-order chi connectivity index (χ0) is 18.0. The molecule has 0 amide bonds. The molecule has 0 aliphatic rings. The highest BCUT2D eigenvalue weighted by atomic mass is 16.6. The van der Waals surface area contributed by atoms with Crippen molar-refractivity contribution in [2.75, 3.05) is 0 Å². The lowest BCUT2D eigenvalue weighted by Crippen LogP contribution is -1.98. The second kappa shape index (κ2) is 6.45. The minimum Gasteiger partial charge on any atom is -0.460 e. The van der Waals surface area contributed by atoms with Crippen molar-refractivity contribution in [3.63, 3.8) is 0 Å². The molecule has 0 radical (unpaired) electrons. The van der Waals surface area contributed by atoms with Crippen molar-refractivity contribution >= 4 is 23.1 Å². The number of carbonyl (C=O) groups excluding carboxylic acids is 1. The molecular weight excluding hydrogens is 322 g/mol. The van der Waals surface area contributed by atoms with E-state index in [2.05, 4.69) is 11.1 Å². The van der Waals surface area contributed by atoms with Crippen LogP contribution in [-0.2, 0) is 9.53 Å². The largest absolute Gasteiger partial charge is 0.460 e. The van der Waals surface area contributed by atoms with Gasteiger partial charge in [-0.05, 0) is 36.2 Å². The fourth-order valence-corrected chi connectivity index (χ4v) is 2.89. The number of fused-ring (bicyclic) bond motifs is 1. The van der Waals surface area contributed by atoms with Gasteiger partial charge in [0.05, 0.1) is 16.6 Å². The molecular formula is C18H13N3O4. The molecule has 124 valence electrons. The van der Waals surface area contributed by atoms with Gasteiger partial charge in [-0.1, -0.05) is 12.1 Å². The normalized spacial score (nSPS) is 11.7. The Kier molecular flexibility index (Phi) is 4.18. The number of benzene rings is 2. The first kappa shape index (κ1) is 16.2. The van der Waals surface area contributed by atoms with Gasteiger partial charge in [0.15, 0.2) is 0 Å². The third kappa shape index (κ3) is 2.81. The van der Waals surface area contributed by atoms with E-state index >= 15 is 0 Å². The number of aromatic nitrogens is 1. The average Bonchev–Trinajstić information content (AvgIpc) is 3.06. The first-order valence-electron chi connectivity index (χ1n) is 7.44. The number of rotatable bonds is 5. The van der Waals surface area contributed by atoms with Crippen LogP contribution in [0, 0.1) is 21.4 Å². The maximum Gasteiger partial charge on any atom is 0.293 e. The van der Waals surface area contributed by atoms with Crippen molar-refractivity contribution in [1.82, 2.24) is 4.98 Å². The zero-order valence-corrected chi connectivity index (χ0v) is 13.2. The van der Waals surface area contributed by atoms with Crippen molar-refractivity contribution in [1.29, 1.82) is 5.26 Å². The van der Waals surface area contributed by atoms with Crippen LogP contribution in [-0.4, -0.2) is 16.4 Å². The molecule has 2 aromatic carbocycles. The van der Waals surface area contributed by atoms with Crippen LogP contribution in [0.2, 0.25) is 0 Å². The van der Waals surface area contributed by atoms with E-state index in [4.69, 9.17) is 10.00 Å². The Balaban J connectivity index is 2.33. The number of ether oxygens (including phenoxy) is 1. The van der Waals surface area contributed by atoms with Crippen LogP contribution in [0.15, 0.2) is 42.6 Å². The molecule has 0 aliphatic heterocycles. The lowest BCUT2D eigenvalue weighted by molar-refractivity contribution is -0.383. The van der Waals surface area contributed by atoms with Gasteiger partial charge >= 0.3 is 0 Å². The number of nitrogens with zero attached hydrogens (tertiary/aromatic N) is 2. The smallest absolute Gasteiger partial charge is 0.293 e. The number of hydrogen-bond donors (Lipinski definition) is 1. The van der Waals surface area contributed by atoms with Gasteiger partial charge in [0.1, 0.15) is 11.6 Å². The summed E-state index contributed by atoms with van der Waals surface area (Å²) in [4.78, 5) is 24.5. The summed E-state index contributed by atoms with van der Waals surface area (Å²) in [5.41, 5.74) is 2.86. The summed E-state index contributed by atoms with van der Waals surface area (Å²) in [7, 11) is 0. The van der Waals surface area contributed by atoms with E-state index in [1.54, 1.807) is 37.4 Å². The predicted octanol–water partition coefficient (Wildman–Crippen LogP) is 3.85. The Hall–Kier alpha value is -3.66. The molecule has 1 N–H and O–H groups in total. The third-order valence-electron chi connectivity index (χ3n) is 4.04. The van der Waals surface area contributed by atoms with E-state index in [1.165, 1.54) is 6.07 Å². The molecule has 7 nitrogen and oxygen atoms in total. The molecule has 1 atom stereocenters. The van der Waals surface area contributed by atoms with Crippen LogP contribution in [0.5, 0.6) is 0 Å². The van der Waals surface area contributed by atoms with Gasteiger partial charge in [0.25, 0.3) is 12.2 Å². The predicted molar refractivity (Wildman–Crippen MR) is 90.7 cm³/mol. The molecule has 0 saturated carbocycles. The average molecular weight is 335 g/mol. The molecule has 0 bridgehead atoms. The third-order valence-corrected chi connectivity index (χ3v) is 4.04. The van der Waals surface area contributed by atoms with Crippen LogP contribution >= 0.6 is 0 Å². The summed E-state index contributed by atoms with van der Waals surface area (Å²) < 4.78 is 5.01. The first-order valence-corrected chi connectivity index (χ1v) is 7.44. The minimum atomic E-state index is -0.578. The topological polar surface area (TPSA) is 109 Å². The SMILES string of the molecule is CC(OC=O)c1c[nH]c2c([N+](=O)[O-])ccc(-c3cccc(C#N)c3)c12. The molecule has 0 saturated heterocycles. The minimum absolute atomic E-state index is 0.0697. The molecule has 0 aliphatic carbocycles. The fourth-order valence-electron chi connectivity index (χ4n) is 2.89. The summed E-state index contributed by atoms with van der Waals surface area (Å²) in [6.45, 7) is 2.03. The second-order valence-corrected chi connectivity index (χ2v) is 5.45. The van der Waals surface area contributed by atoms with Gasteiger partial charge in [-0.3, -0.25) is 14.9 Å². The van der Waals surface area contributed by atoms with Gasteiger partial charge in [-0.15, -0.1) is 0 Å². The van der Waals surface area contributed by atoms with Gasteiger partial charge in [-0.2, -0.15) is 5.26 Å². The van der Waals surface area contributed by atoms with Crippen LogP contribution in [0.3, 0.4) is 0 Å². The number of nitro benzene ring substituents is 1. The molecule has 25 heavy (non-hydrogen) atoms. The maximum absolute atomic E-state index is 11.3. The number of nitrogens with one attached hydrogen (secondary N) is 1. The highest BCUT2D eigenvalue weighted by Gasteiger charge is 2.22. The second-order valence-electron chi connectivity index (χ2n) is 5.45. The Morgan fingerprint density at radius 2 is 2.16 bits per heavy atom. The molecule has 3 rings (SSSR count). The fraction of sp³-hybridized carbons (Fsp3) is 0.111. The highest BCUT2D eigenvalue weighted by Crippen LogP contribution is 2.39. The Morgan fingerprint density at radius 1 is 1.36 bits per heavy atom. The number of nitro groups is 1. The number of H-pyrrole nitrogens is 1. The quantitative estimate of drug-likeness (QED) is 0.433. The van der Waals surface area contributed by atoms with Crippen LogP contribution in [0.25, 0.3) is 22.0 Å². The van der Waals surface area contributed by atoms with Gasteiger partial charge in [0.2, 0.25) is 0 Å². The molecule has 1 unspecified atom stereocenters. The summed E-state index contributed by atoms with van der Waals surface area (Å²) in [5, 5.41) is 21.0. The molecule has 7 heteroatoms. The number of nitriles is 1. The maximum atomic E-state index is 11.3. The van der Waals surface area contributed by atoms with Gasteiger partial charge in [-0.25, -0.2) is 0 Å². The van der Waals surface area contributed by atoms with E-state index in [0.717, 1.165) is 11.1 Å². The van der Waals surface area contributed by atoms with Crippen molar-refractivity contribution in [3.8, 4) is 17.2 Å². The number of hydrogen-bond acceptors (Lipinski definition) is 5. The summed E-state index contributed by atoms with van der Waals surface area (Å²) >= 11 is 0. The van der Waals surface area contributed by atoms with Crippen LogP contribution < -0.4 is 0 Å². The molecule has 3 aromatic rings. The van der Waals surface area contributed by atoms with E-state index in [9.17, 15) is 14.9 Å². The summed E-state index contributed by atoms with van der Waals surface area (Å²) in [5.74, 6) is 0. The van der Waals surface area contributed by atoms with Crippen LogP contribution in [0.1, 0.15) is 24.2 Å². The molecule has 1 heterocycles. The van der Waals surface area contributed by atoms with Crippen molar-refractivity contribution in [2.24, 2.45) is 0 Å². The Bertz CT molecular complexity index is 1020. The Labute approximate surface area is 142 Å². The number of non-ortho nitro benzene ring substituents is 1. The number of carbonyl (C=O) groups is 1. The van der Waals surface area contributed by atoms with E-state index in [1.807, 2.05) is 6.07 Å². The molecule has 0 spiro atoms. The van der Waals surface area contributed by atoms with Gasteiger partial charge < -0.3 is 9.72 Å². The lowest BCUT2D eigenvalue weighted by atomic mass is 9.96. The van der Waals surface area contributed by atoms with Crippen molar-refractivity contribution in [2.45, 2.75) is 13.0 Å². The Morgan fingerprint density at radius 3 is 2.84 bits per heavy atom. The standard InChI is InChI=1S/C18H13N3O4/c1-11(25-10-22)15-9-20-18-16(21(23)24)6-5-14(17(15)18)13-4-2-3-12(7-13)8-19/h2-7,9-11,20H,1H3. The molecule has 0 fully saturated rings. The van der Waals surface area contributed by atoms with Gasteiger partial charge in [0, 0.05) is 23.2 Å².